The second-order valence-corrected chi connectivity index (χ2v) is 7.51. The molecular formula is C22H26N2O. The van der Waals surface area contributed by atoms with Crippen molar-refractivity contribution in [2.45, 2.75) is 50.2 Å². The molecule has 2 aromatic rings. The van der Waals surface area contributed by atoms with Crippen molar-refractivity contribution in [1.82, 2.24) is 10.2 Å². The molecule has 1 N–H and O–H groups in total. The van der Waals surface area contributed by atoms with Gasteiger partial charge in [-0.2, -0.15) is 0 Å². The van der Waals surface area contributed by atoms with E-state index in [1.807, 2.05) is 30.1 Å². The van der Waals surface area contributed by atoms with Crippen molar-refractivity contribution in [2.24, 2.45) is 0 Å². The zero-order valence-corrected chi connectivity index (χ0v) is 14.8. The maximum atomic E-state index is 12.7. The van der Waals surface area contributed by atoms with Crippen LogP contribution in [0.3, 0.4) is 0 Å². The lowest BCUT2D eigenvalue weighted by atomic mass is 9.97. The lowest BCUT2D eigenvalue weighted by Crippen LogP contribution is -2.49. The molecule has 3 heteroatoms. The summed E-state index contributed by atoms with van der Waals surface area (Å²) >= 11 is 0. The van der Waals surface area contributed by atoms with Gasteiger partial charge < -0.3 is 10.2 Å². The van der Waals surface area contributed by atoms with Gasteiger partial charge in [-0.3, -0.25) is 4.79 Å². The molecule has 2 unspecified atom stereocenters. The van der Waals surface area contributed by atoms with E-state index in [0.717, 1.165) is 18.4 Å². The Morgan fingerprint density at radius 1 is 0.960 bits per heavy atom. The highest BCUT2D eigenvalue weighted by Gasteiger charge is 2.36. The van der Waals surface area contributed by atoms with Crippen LogP contribution < -0.4 is 5.32 Å². The number of hydrogen-bond donors (Lipinski definition) is 1. The Balaban J connectivity index is 1.39. The lowest BCUT2D eigenvalue weighted by molar-refractivity contribution is -0.131. The average molecular weight is 334 g/mol. The minimum atomic E-state index is 0.235. The molecule has 2 aliphatic rings. The normalized spacial score (nSPS) is 24.9. The minimum absolute atomic E-state index is 0.235. The van der Waals surface area contributed by atoms with Gasteiger partial charge in [-0.05, 0) is 42.4 Å². The van der Waals surface area contributed by atoms with Gasteiger partial charge in [0.25, 0.3) is 0 Å². The Morgan fingerprint density at radius 3 is 2.20 bits per heavy atom. The van der Waals surface area contributed by atoms with E-state index in [4.69, 9.17) is 0 Å². The SMILES string of the molecule is CN(C(=O)Cc1ccc(-c2ccccc2)cc1)C1CC2CCC(C1)N2. The lowest BCUT2D eigenvalue weighted by Gasteiger charge is -2.35. The van der Waals surface area contributed by atoms with Gasteiger partial charge in [0.2, 0.25) is 5.91 Å². The summed E-state index contributed by atoms with van der Waals surface area (Å²) in [7, 11) is 1.98. The fraction of sp³-hybridized carbons (Fsp3) is 0.409. The van der Waals surface area contributed by atoms with Crippen molar-refractivity contribution in [3.05, 3.63) is 60.2 Å². The predicted octanol–water partition coefficient (Wildman–Crippen LogP) is 3.64. The van der Waals surface area contributed by atoms with Crippen LogP contribution in [0.5, 0.6) is 0 Å². The molecule has 2 saturated heterocycles. The molecule has 0 radical (unpaired) electrons. The van der Waals surface area contributed by atoms with Crippen molar-refractivity contribution in [3.63, 3.8) is 0 Å². The number of likely N-dealkylation sites (N-methyl/N-ethyl adjacent to an activating group) is 1. The van der Waals surface area contributed by atoms with Gasteiger partial charge >= 0.3 is 0 Å². The molecule has 4 rings (SSSR count). The van der Waals surface area contributed by atoms with Crippen LogP contribution in [-0.4, -0.2) is 36.0 Å². The first kappa shape index (κ1) is 16.3. The van der Waals surface area contributed by atoms with Crippen molar-refractivity contribution in [2.75, 3.05) is 7.05 Å². The van der Waals surface area contributed by atoms with Crippen molar-refractivity contribution in [1.29, 1.82) is 0 Å². The summed E-state index contributed by atoms with van der Waals surface area (Å²) in [6, 6.07) is 20.4. The highest BCUT2D eigenvalue weighted by molar-refractivity contribution is 5.79. The van der Waals surface area contributed by atoms with Gasteiger partial charge in [-0.15, -0.1) is 0 Å². The first-order valence-electron chi connectivity index (χ1n) is 9.35. The molecule has 2 aromatic carbocycles. The van der Waals surface area contributed by atoms with Crippen molar-refractivity contribution < 1.29 is 4.79 Å². The second-order valence-electron chi connectivity index (χ2n) is 7.51. The summed E-state index contributed by atoms with van der Waals surface area (Å²) in [6.07, 6.45) is 5.23. The van der Waals surface area contributed by atoms with E-state index in [1.54, 1.807) is 0 Å². The van der Waals surface area contributed by atoms with Crippen LogP contribution in [0.15, 0.2) is 54.6 Å². The maximum Gasteiger partial charge on any atom is 0.226 e. The number of rotatable bonds is 4. The van der Waals surface area contributed by atoms with Crippen LogP contribution in [0.4, 0.5) is 0 Å². The first-order chi connectivity index (χ1) is 12.2. The van der Waals surface area contributed by atoms with Gasteiger partial charge in [0.15, 0.2) is 0 Å². The van der Waals surface area contributed by atoms with E-state index in [2.05, 4.69) is 41.7 Å². The zero-order valence-electron chi connectivity index (χ0n) is 14.8. The third kappa shape index (κ3) is 3.62. The van der Waals surface area contributed by atoms with E-state index < -0.39 is 0 Å². The molecular weight excluding hydrogens is 308 g/mol. The first-order valence-corrected chi connectivity index (χ1v) is 9.35. The molecule has 130 valence electrons. The molecule has 2 atom stereocenters. The Kier molecular flexibility index (Phi) is 4.58. The van der Waals surface area contributed by atoms with Crippen LogP contribution in [0.2, 0.25) is 0 Å². The number of nitrogens with zero attached hydrogens (tertiary/aromatic N) is 1. The van der Waals surface area contributed by atoms with E-state index in [1.165, 1.54) is 24.0 Å². The standard InChI is InChI=1S/C22H26N2O/c1-24(21-14-19-11-12-20(15-21)23-19)22(25)13-16-7-9-18(10-8-16)17-5-3-2-4-6-17/h2-10,19-21,23H,11-15H2,1H3. The number of hydrogen-bond acceptors (Lipinski definition) is 2. The number of piperidine rings is 1. The molecule has 0 aromatic heterocycles. The molecule has 0 spiro atoms. The second kappa shape index (κ2) is 7.01. The fourth-order valence-corrected chi connectivity index (χ4v) is 4.29. The van der Waals surface area contributed by atoms with Crippen LogP contribution in [0.1, 0.15) is 31.2 Å². The Bertz CT molecular complexity index is 713. The quantitative estimate of drug-likeness (QED) is 0.926. The Hall–Kier alpha value is -2.13. The monoisotopic (exact) mass is 334 g/mol. The third-order valence-corrected chi connectivity index (χ3v) is 5.81. The van der Waals surface area contributed by atoms with Crippen LogP contribution >= 0.6 is 0 Å². The molecule has 1 amide bonds. The van der Waals surface area contributed by atoms with Crippen LogP contribution in [0.25, 0.3) is 11.1 Å². The third-order valence-electron chi connectivity index (χ3n) is 5.81. The summed E-state index contributed by atoms with van der Waals surface area (Å²) in [5.74, 6) is 0.235. The molecule has 25 heavy (non-hydrogen) atoms. The Labute approximate surface area is 150 Å². The van der Waals surface area contributed by atoms with Crippen LogP contribution in [-0.2, 0) is 11.2 Å². The molecule has 2 fully saturated rings. The molecule has 2 heterocycles. The van der Waals surface area contributed by atoms with Gasteiger partial charge in [0.05, 0.1) is 6.42 Å². The van der Waals surface area contributed by atoms with E-state index in [9.17, 15) is 4.79 Å². The number of benzene rings is 2. The van der Waals surface area contributed by atoms with Gasteiger partial charge in [-0.25, -0.2) is 0 Å². The average Bonchev–Trinajstić information content (AvgIpc) is 3.00. The number of amides is 1. The maximum absolute atomic E-state index is 12.7. The van der Waals surface area contributed by atoms with Crippen molar-refractivity contribution >= 4 is 5.91 Å². The molecule has 2 aliphatic heterocycles. The summed E-state index contributed by atoms with van der Waals surface area (Å²) in [5.41, 5.74) is 3.50. The van der Waals surface area contributed by atoms with Gasteiger partial charge in [0.1, 0.15) is 0 Å². The largest absolute Gasteiger partial charge is 0.342 e. The van der Waals surface area contributed by atoms with E-state index >= 15 is 0 Å². The molecule has 2 bridgehead atoms. The van der Waals surface area contributed by atoms with Crippen LogP contribution in [0, 0.1) is 0 Å². The highest BCUT2D eigenvalue weighted by Crippen LogP contribution is 2.29. The molecule has 0 saturated carbocycles. The summed E-state index contributed by atoms with van der Waals surface area (Å²) < 4.78 is 0. The van der Waals surface area contributed by atoms with E-state index in [-0.39, 0.29) is 5.91 Å². The number of nitrogens with one attached hydrogen (secondary N) is 1. The summed E-state index contributed by atoms with van der Waals surface area (Å²) in [5, 5.41) is 3.65. The Morgan fingerprint density at radius 2 is 1.56 bits per heavy atom. The zero-order chi connectivity index (χ0) is 17.2. The topological polar surface area (TPSA) is 32.3 Å². The van der Waals surface area contributed by atoms with Crippen molar-refractivity contribution in [3.8, 4) is 11.1 Å². The molecule has 0 aliphatic carbocycles. The van der Waals surface area contributed by atoms with E-state index in [0.29, 0.717) is 24.5 Å². The summed E-state index contributed by atoms with van der Waals surface area (Å²) in [6.45, 7) is 0. The number of carbonyl (C=O) groups excluding carboxylic acids is 1. The highest BCUT2D eigenvalue weighted by atomic mass is 16.2. The molecule has 3 nitrogen and oxygen atoms in total. The smallest absolute Gasteiger partial charge is 0.226 e. The summed E-state index contributed by atoms with van der Waals surface area (Å²) in [4.78, 5) is 14.7. The number of fused-ring (bicyclic) bond motifs is 2. The minimum Gasteiger partial charge on any atom is -0.342 e. The fourth-order valence-electron chi connectivity index (χ4n) is 4.29. The number of carbonyl (C=O) groups is 1. The predicted molar refractivity (Wildman–Crippen MR) is 101 cm³/mol. The van der Waals surface area contributed by atoms with Gasteiger partial charge in [0, 0.05) is 25.2 Å². The van der Waals surface area contributed by atoms with Gasteiger partial charge in [-0.1, -0.05) is 54.6 Å².